The summed E-state index contributed by atoms with van der Waals surface area (Å²) in [4.78, 5) is 22.1. The lowest BCUT2D eigenvalue weighted by Gasteiger charge is -2.19. The summed E-state index contributed by atoms with van der Waals surface area (Å²) in [6.07, 6.45) is -0.589. The molecule has 132 valence electrons. The first-order chi connectivity index (χ1) is 11.6. The summed E-state index contributed by atoms with van der Waals surface area (Å²) in [6.45, 7) is 5.27. The normalized spacial score (nSPS) is 10.9. The SMILES string of the molecule is CC(C)(C)OC(=O)Nc1ccc(Nc2cc(F)ccc2[N+](=O)[O-])cc1. The Morgan fingerprint density at radius 3 is 2.28 bits per heavy atom. The molecule has 0 aliphatic carbocycles. The fourth-order valence-corrected chi connectivity index (χ4v) is 1.98. The van der Waals surface area contributed by atoms with Crippen LogP contribution in [0.25, 0.3) is 0 Å². The van der Waals surface area contributed by atoms with E-state index in [1.165, 1.54) is 0 Å². The van der Waals surface area contributed by atoms with Gasteiger partial charge in [0.05, 0.1) is 4.92 Å². The molecule has 2 aromatic rings. The molecule has 0 saturated carbocycles. The summed E-state index contributed by atoms with van der Waals surface area (Å²) >= 11 is 0. The zero-order valence-corrected chi connectivity index (χ0v) is 14.0. The number of nitrogens with zero attached hydrogens (tertiary/aromatic N) is 1. The van der Waals surface area contributed by atoms with Gasteiger partial charge in [-0.15, -0.1) is 0 Å². The Morgan fingerprint density at radius 2 is 1.72 bits per heavy atom. The predicted molar refractivity (Wildman–Crippen MR) is 92.6 cm³/mol. The van der Waals surface area contributed by atoms with Crippen molar-refractivity contribution in [2.24, 2.45) is 0 Å². The number of hydrogen-bond acceptors (Lipinski definition) is 5. The monoisotopic (exact) mass is 347 g/mol. The van der Waals surface area contributed by atoms with Gasteiger partial charge in [0.2, 0.25) is 0 Å². The van der Waals surface area contributed by atoms with Gasteiger partial charge in [-0.3, -0.25) is 15.4 Å². The standard InChI is InChI=1S/C17H18FN3O4/c1-17(2,3)25-16(22)20-13-7-5-12(6-8-13)19-14-10-11(18)4-9-15(14)21(23)24/h4-10,19H,1-3H3,(H,20,22). The second kappa shape index (κ2) is 7.16. The lowest BCUT2D eigenvalue weighted by atomic mass is 10.2. The largest absolute Gasteiger partial charge is 0.444 e. The van der Waals surface area contributed by atoms with Gasteiger partial charge in [-0.2, -0.15) is 0 Å². The van der Waals surface area contributed by atoms with Crippen molar-refractivity contribution in [2.75, 3.05) is 10.6 Å². The third-order valence-corrected chi connectivity index (χ3v) is 2.96. The molecule has 1 amide bonds. The highest BCUT2D eigenvalue weighted by molar-refractivity contribution is 5.85. The Hall–Kier alpha value is -3.16. The number of nitrogens with one attached hydrogen (secondary N) is 2. The fourth-order valence-electron chi connectivity index (χ4n) is 1.98. The number of anilines is 3. The van der Waals surface area contributed by atoms with E-state index in [1.807, 2.05) is 0 Å². The molecule has 0 saturated heterocycles. The van der Waals surface area contributed by atoms with Crippen molar-refractivity contribution in [1.29, 1.82) is 0 Å². The topological polar surface area (TPSA) is 93.5 Å². The van der Waals surface area contributed by atoms with Crippen LogP contribution in [0.2, 0.25) is 0 Å². The van der Waals surface area contributed by atoms with Crippen LogP contribution in [0.4, 0.5) is 31.9 Å². The van der Waals surface area contributed by atoms with E-state index in [9.17, 15) is 19.3 Å². The highest BCUT2D eigenvalue weighted by Gasteiger charge is 2.17. The van der Waals surface area contributed by atoms with Crippen molar-refractivity contribution in [3.63, 3.8) is 0 Å². The molecule has 0 aliphatic heterocycles. The number of hydrogen-bond donors (Lipinski definition) is 2. The Labute approximate surface area is 144 Å². The van der Waals surface area contributed by atoms with Crippen LogP contribution in [0.3, 0.4) is 0 Å². The van der Waals surface area contributed by atoms with E-state index in [2.05, 4.69) is 10.6 Å². The van der Waals surface area contributed by atoms with Crippen LogP contribution < -0.4 is 10.6 Å². The molecule has 0 radical (unpaired) electrons. The lowest BCUT2D eigenvalue weighted by molar-refractivity contribution is -0.384. The second-order valence-electron chi connectivity index (χ2n) is 6.25. The summed E-state index contributed by atoms with van der Waals surface area (Å²) in [5.74, 6) is -0.587. The van der Waals surface area contributed by atoms with Gasteiger partial charge < -0.3 is 10.1 Å². The summed E-state index contributed by atoms with van der Waals surface area (Å²) in [5, 5.41) is 16.4. The van der Waals surface area contributed by atoms with Gasteiger partial charge in [0.25, 0.3) is 5.69 Å². The quantitative estimate of drug-likeness (QED) is 0.610. The maximum absolute atomic E-state index is 13.3. The Kier molecular flexibility index (Phi) is 5.21. The van der Waals surface area contributed by atoms with Crippen molar-refractivity contribution >= 4 is 28.8 Å². The molecule has 0 aliphatic rings. The first kappa shape index (κ1) is 18.2. The van der Waals surface area contributed by atoms with Crippen molar-refractivity contribution in [1.82, 2.24) is 0 Å². The van der Waals surface area contributed by atoms with Crippen LogP contribution in [-0.2, 0) is 4.74 Å². The molecule has 0 heterocycles. The summed E-state index contributed by atoms with van der Waals surface area (Å²) in [7, 11) is 0. The number of ether oxygens (including phenoxy) is 1. The first-order valence-electron chi connectivity index (χ1n) is 7.45. The number of nitro benzene ring substituents is 1. The fraction of sp³-hybridized carbons (Fsp3) is 0.235. The van der Waals surface area contributed by atoms with Crippen LogP contribution in [0.5, 0.6) is 0 Å². The smallest absolute Gasteiger partial charge is 0.412 e. The van der Waals surface area contributed by atoms with Crippen LogP contribution in [0, 0.1) is 15.9 Å². The third kappa shape index (κ3) is 5.45. The lowest BCUT2D eigenvalue weighted by Crippen LogP contribution is -2.27. The summed E-state index contributed by atoms with van der Waals surface area (Å²) in [6, 6.07) is 9.55. The minimum Gasteiger partial charge on any atom is -0.444 e. The minimum absolute atomic E-state index is 0.0397. The van der Waals surface area contributed by atoms with E-state index in [1.54, 1.807) is 45.0 Å². The molecule has 7 nitrogen and oxygen atoms in total. The zero-order valence-electron chi connectivity index (χ0n) is 14.0. The third-order valence-electron chi connectivity index (χ3n) is 2.96. The number of benzene rings is 2. The molecule has 0 fully saturated rings. The van der Waals surface area contributed by atoms with Gasteiger partial charge in [-0.25, -0.2) is 9.18 Å². The van der Waals surface area contributed by atoms with Crippen LogP contribution >= 0.6 is 0 Å². The van der Waals surface area contributed by atoms with Crippen LogP contribution in [0.1, 0.15) is 20.8 Å². The van der Waals surface area contributed by atoms with Crippen LogP contribution in [-0.4, -0.2) is 16.6 Å². The Morgan fingerprint density at radius 1 is 1.12 bits per heavy atom. The van der Waals surface area contributed by atoms with Gasteiger partial charge >= 0.3 is 6.09 Å². The Bertz CT molecular complexity index is 785. The van der Waals surface area contributed by atoms with Crippen molar-refractivity contribution in [2.45, 2.75) is 26.4 Å². The number of carbonyl (C=O) groups excluding carboxylic acids is 1. The van der Waals surface area contributed by atoms with E-state index in [0.29, 0.717) is 11.4 Å². The molecule has 25 heavy (non-hydrogen) atoms. The average Bonchev–Trinajstić information content (AvgIpc) is 2.47. The molecule has 8 heteroatoms. The maximum atomic E-state index is 13.3. The highest BCUT2D eigenvalue weighted by Crippen LogP contribution is 2.28. The molecule has 0 spiro atoms. The molecule has 0 aromatic heterocycles. The molecule has 2 N–H and O–H groups in total. The van der Waals surface area contributed by atoms with Gasteiger partial charge in [0.15, 0.2) is 0 Å². The van der Waals surface area contributed by atoms with E-state index < -0.39 is 22.4 Å². The maximum Gasteiger partial charge on any atom is 0.412 e. The molecule has 2 rings (SSSR count). The molecule has 0 unspecified atom stereocenters. The van der Waals surface area contributed by atoms with Gasteiger partial charge in [0, 0.05) is 23.5 Å². The van der Waals surface area contributed by atoms with Gasteiger partial charge in [-0.1, -0.05) is 0 Å². The number of rotatable bonds is 4. The number of nitro groups is 1. The van der Waals surface area contributed by atoms with E-state index >= 15 is 0 Å². The minimum atomic E-state index is -0.609. The molecule has 0 bridgehead atoms. The zero-order chi connectivity index (χ0) is 18.6. The van der Waals surface area contributed by atoms with Crippen LogP contribution in [0.15, 0.2) is 42.5 Å². The molecule has 0 atom stereocenters. The average molecular weight is 347 g/mol. The first-order valence-corrected chi connectivity index (χ1v) is 7.45. The molecular formula is C17H18FN3O4. The molecule has 2 aromatic carbocycles. The predicted octanol–water partition coefficient (Wildman–Crippen LogP) is 4.82. The second-order valence-corrected chi connectivity index (χ2v) is 6.25. The number of halogens is 1. The highest BCUT2D eigenvalue weighted by atomic mass is 19.1. The van der Waals surface area contributed by atoms with E-state index in [0.717, 1.165) is 18.2 Å². The van der Waals surface area contributed by atoms with Crippen molar-refractivity contribution in [3.05, 3.63) is 58.4 Å². The van der Waals surface area contributed by atoms with Gasteiger partial charge in [0.1, 0.15) is 17.1 Å². The number of carbonyl (C=O) groups is 1. The molecular weight excluding hydrogens is 329 g/mol. The number of amides is 1. The van der Waals surface area contributed by atoms with E-state index in [4.69, 9.17) is 4.74 Å². The Balaban J connectivity index is 2.10. The van der Waals surface area contributed by atoms with Gasteiger partial charge in [-0.05, 0) is 51.1 Å². The van der Waals surface area contributed by atoms with Crippen molar-refractivity contribution in [3.8, 4) is 0 Å². The summed E-state index contributed by atoms with van der Waals surface area (Å²) < 4.78 is 18.5. The summed E-state index contributed by atoms with van der Waals surface area (Å²) in [5.41, 5.74) is 0.189. The van der Waals surface area contributed by atoms with Crippen molar-refractivity contribution < 1.29 is 18.8 Å². The van der Waals surface area contributed by atoms with E-state index in [-0.39, 0.29) is 11.4 Å².